The third-order valence-electron chi connectivity index (χ3n) is 3.24. The largest absolute Gasteiger partial charge is 0.364 e. The minimum absolute atomic E-state index is 0.0823. The van der Waals surface area contributed by atoms with Crippen molar-refractivity contribution in [3.05, 3.63) is 40.1 Å². The van der Waals surface area contributed by atoms with Crippen LogP contribution in [0.2, 0.25) is 0 Å². The molecule has 0 radical (unpaired) electrons. The number of carbonyl (C=O) groups excluding carboxylic acids is 2. The van der Waals surface area contributed by atoms with E-state index in [1.54, 1.807) is 0 Å². The van der Waals surface area contributed by atoms with Gasteiger partial charge in [0.2, 0.25) is 10.9 Å². The quantitative estimate of drug-likeness (QED) is 0.748. The maximum atomic E-state index is 12.8. The zero-order chi connectivity index (χ0) is 18.2. The van der Waals surface area contributed by atoms with Crippen molar-refractivity contribution >= 4 is 28.8 Å². The van der Waals surface area contributed by atoms with E-state index >= 15 is 0 Å². The van der Waals surface area contributed by atoms with Gasteiger partial charge in [0.05, 0.1) is 0 Å². The Labute approximate surface area is 148 Å². The predicted molar refractivity (Wildman–Crippen MR) is 91.8 cm³/mol. The monoisotopic (exact) mass is 366 g/mol. The molecule has 2 amide bonds. The van der Waals surface area contributed by atoms with Crippen LogP contribution in [0.25, 0.3) is 0 Å². The van der Waals surface area contributed by atoms with Crippen molar-refractivity contribution in [1.29, 1.82) is 0 Å². The van der Waals surface area contributed by atoms with Crippen LogP contribution in [0.4, 0.5) is 10.1 Å². The number of hydrogen-bond acceptors (Lipinski definition) is 6. The Hall–Kier alpha value is -2.39. The third kappa shape index (κ3) is 6.20. The van der Waals surface area contributed by atoms with Gasteiger partial charge in [-0.15, -0.1) is 10.2 Å². The standard InChI is InChI=1S/C16H19FN4O3S/c1-3-10(2)18-13(22)8-24-9-14-20-21-16(25-14)15(23)19-12-6-4-11(17)5-7-12/h4-7,10H,3,8-9H2,1-2H3,(H,18,22)(H,19,23)/t10-/m0/s1. The zero-order valence-electron chi connectivity index (χ0n) is 13.9. The topological polar surface area (TPSA) is 93.2 Å². The van der Waals surface area contributed by atoms with Crippen LogP contribution in [0.1, 0.15) is 35.1 Å². The molecule has 0 saturated heterocycles. The first kappa shape index (κ1) is 18.9. The van der Waals surface area contributed by atoms with Crippen LogP contribution >= 0.6 is 11.3 Å². The number of halogens is 1. The van der Waals surface area contributed by atoms with E-state index in [4.69, 9.17) is 4.74 Å². The molecule has 9 heteroatoms. The van der Waals surface area contributed by atoms with E-state index in [0.29, 0.717) is 10.7 Å². The average molecular weight is 366 g/mol. The molecule has 1 aromatic carbocycles. The molecule has 2 rings (SSSR count). The highest BCUT2D eigenvalue weighted by Gasteiger charge is 2.14. The van der Waals surface area contributed by atoms with Crippen molar-refractivity contribution in [2.75, 3.05) is 11.9 Å². The second-order valence-electron chi connectivity index (χ2n) is 5.33. The number of carbonyl (C=O) groups is 2. The molecule has 0 fully saturated rings. The number of amides is 2. The molecule has 1 heterocycles. The lowest BCUT2D eigenvalue weighted by Crippen LogP contribution is -2.34. The van der Waals surface area contributed by atoms with Crippen molar-refractivity contribution in [3.8, 4) is 0 Å². The molecular formula is C16H19FN4O3S. The van der Waals surface area contributed by atoms with Gasteiger partial charge in [-0.3, -0.25) is 9.59 Å². The molecule has 0 saturated carbocycles. The molecule has 2 N–H and O–H groups in total. The van der Waals surface area contributed by atoms with Crippen LogP contribution in [0.3, 0.4) is 0 Å². The lowest BCUT2D eigenvalue weighted by atomic mass is 10.2. The first-order valence-corrected chi connectivity index (χ1v) is 8.56. The SMILES string of the molecule is CC[C@H](C)NC(=O)COCc1nnc(C(=O)Nc2ccc(F)cc2)s1. The number of nitrogens with one attached hydrogen (secondary N) is 2. The predicted octanol–water partition coefficient (Wildman–Crippen LogP) is 2.36. The molecule has 1 aromatic heterocycles. The molecule has 7 nitrogen and oxygen atoms in total. The second-order valence-corrected chi connectivity index (χ2v) is 6.39. The van der Waals surface area contributed by atoms with E-state index in [9.17, 15) is 14.0 Å². The van der Waals surface area contributed by atoms with Crippen LogP contribution in [0.5, 0.6) is 0 Å². The van der Waals surface area contributed by atoms with Gasteiger partial charge in [0, 0.05) is 11.7 Å². The number of ether oxygens (including phenoxy) is 1. The number of nitrogens with zero attached hydrogens (tertiary/aromatic N) is 2. The van der Waals surface area contributed by atoms with Crippen molar-refractivity contribution in [3.63, 3.8) is 0 Å². The van der Waals surface area contributed by atoms with Crippen LogP contribution in [0.15, 0.2) is 24.3 Å². The zero-order valence-corrected chi connectivity index (χ0v) is 14.7. The van der Waals surface area contributed by atoms with Gasteiger partial charge in [-0.2, -0.15) is 0 Å². The van der Waals surface area contributed by atoms with E-state index in [-0.39, 0.29) is 36.0 Å². The summed E-state index contributed by atoms with van der Waals surface area (Å²) in [4.78, 5) is 23.6. The van der Waals surface area contributed by atoms with Gasteiger partial charge in [0.1, 0.15) is 24.0 Å². The molecule has 0 aliphatic heterocycles. The normalized spacial score (nSPS) is 11.8. The summed E-state index contributed by atoms with van der Waals surface area (Å²) < 4.78 is 18.1. The minimum atomic E-state index is -0.440. The minimum Gasteiger partial charge on any atom is -0.364 e. The maximum Gasteiger partial charge on any atom is 0.286 e. The second kappa shape index (κ2) is 9.19. The molecular weight excluding hydrogens is 347 g/mol. The van der Waals surface area contributed by atoms with E-state index < -0.39 is 5.91 Å². The lowest BCUT2D eigenvalue weighted by molar-refractivity contribution is -0.126. The van der Waals surface area contributed by atoms with E-state index in [0.717, 1.165) is 17.8 Å². The Morgan fingerprint density at radius 3 is 2.68 bits per heavy atom. The van der Waals surface area contributed by atoms with Crippen LogP contribution in [-0.2, 0) is 16.1 Å². The maximum absolute atomic E-state index is 12.8. The smallest absolute Gasteiger partial charge is 0.286 e. The number of rotatable bonds is 8. The molecule has 1 atom stereocenters. The highest BCUT2D eigenvalue weighted by Crippen LogP contribution is 2.14. The number of aromatic nitrogens is 2. The third-order valence-corrected chi connectivity index (χ3v) is 4.14. The van der Waals surface area contributed by atoms with E-state index in [1.807, 2.05) is 13.8 Å². The van der Waals surface area contributed by atoms with Crippen molar-refractivity contribution in [2.45, 2.75) is 32.9 Å². The van der Waals surface area contributed by atoms with Gasteiger partial charge in [-0.25, -0.2) is 4.39 Å². The Balaban J connectivity index is 1.80. The van der Waals surface area contributed by atoms with Gasteiger partial charge in [-0.05, 0) is 37.6 Å². The lowest BCUT2D eigenvalue weighted by Gasteiger charge is -2.10. The molecule has 25 heavy (non-hydrogen) atoms. The summed E-state index contributed by atoms with van der Waals surface area (Å²) in [5.41, 5.74) is 0.459. The molecule has 2 aromatic rings. The first-order chi connectivity index (χ1) is 12.0. The van der Waals surface area contributed by atoms with Crippen molar-refractivity contribution in [2.24, 2.45) is 0 Å². The van der Waals surface area contributed by atoms with Gasteiger partial charge in [0.15, 0.2) is 0 Å². The molecule has 0 aliphatic carbocycles. The fraction of sp³-hybridized carbons (Fsp3) is 0.375. The Morgan fingerprint density at radius 2 is 2.00 bits per heavy atom. The van der Waals surface area contributed by atoms with Gasteiger partial charge >= 0.3 is 0 Å². The van der Waals surface area contributed by atoms with Crippen molar-refractivity contribution < 1.29 is 18.7 Å². The summed E-state index contributed by atoms with van der Waals surface area (Å²) in [6.07, 6.45) is 0.842. The summed E-state index contributed by atoms with van der Waals surface area (Å²) in [6, 6.07) is 5.50. The van der Waals surface area contributed by atoms with E-state index in [2.05, 4.69) is 20.8 Å². The molecule has 0 unspecified atom stereocenters. The highest BCUT2D eigenvalue weighted by atomic mass is 32.1. The summed E-state index contributed by atoms with van der Waals surface area (Å²) in [5.74, 6) is -1.02. The molecule has 0 bridgehead atoms. The van der Waals surface area contributed by atoms with Gasteiger partial charge in [-0.1, -0.05) is 18.3 Å². The number of hydrogen-bond donors (Lipinski definition) is 2. The summed E-state index contributed by atoms with van der Waals surface area (Å²) >= 11 is 1.07. The highest BCUT2D eigenvalue weighted by molar-refractivity contribution is 7.13. The van der Waals surface area contributed by atoms with Gasteiger partial charge in [0.25, 0.3) is 5.91 Å². The Morgan fingerprint density at radius 1 is 1.28 bits per heavy atom. The summed E-state index contributed by atoms with van der Waals surface area (Å²) in [5, 5.41) is 13.7. The van der Waals surface area contributed by atoms with Crippen LogP contribution in [-0.4, -0.2) is 34.7 Å². The van der Waals surface area contributed by atoms with Crippen LogP contribution < -0.4 is 10.6 Å². The number of anilines is 1. The summed E-state index contributed by atoms with van der Waals surface area (Å²) in [6.45, 7) is 3.90. The van der Waals surface area contributed by atoms with Crippen LogP contribution in [0, 0.1) is 5.82 Å². The Kier molecular flexibility index (Phi) is 6.96. The molecule has 0 aliphatic rings. The van der Waals surface area contributed by atoms with E-state index in [1.165, 1.54) is 24.3 Å². The molecule has 0 spiro atoms. The molecule has 134 valence electrons. The first-order valence-electron chi connectivity index (χ1n) is 7.74. The fourth-order valence-electron chi connectivity index (χ4n) is 1.77. The fourth-order valence-corrected chi connectivity index (χ4v) is 2.44. The Bertz CT molecular complexity index is 720. The number of benzene rings is 1. The average Bonchev–Trinajstić information content (AvgIpc) is 3.06. The summed E-state index contributed by atoms with van der Waals surface area (Å²) in [7, 11) is 0. The van der Waals surface area contributed by atoms with Crippen molar-refractivity contribution in [1.82, 2.24) is 15.5 Å². The van der Waals surface area contributed by atoms with Gasteiger partial charge < -0.3 is 15.4 Å².